The third-order valence-electron chi connectivity index (χ3n) is 2.63. The lowest BCUT2D eigenvalue weighted by molar-refractivity contribution is 0.346. The quantitative estimate of drug-likeness (QED) is 0.832. The second kappa shape index (κ2) is 6.26. The molecule has 1 aromatic carbocycles. The van der Waals surface area contributed by atoms with E-state index in [1.54, 1.807) is 12.1 Å². The third-order valence-corrected chi connectivity index (χ3v) is 3.55. The summed E-state index contributed by atoms with van der Waals surface area (Å²) in [6.45, 7) is 1.18. The molecule has 0 aromatic heterocycles. The summed E-state index contributed by atoms with van der Waals surface area (Å²) in [4.78, 5) is 1.88. The van der Waals surface area contributed by atoms with Crippen LogP contribution in [0.25, 0.3) is 0 Å². The zero-order valence-corrected chi connectivity index (χ0v) is 11.5. The van der Waals surface area contributed by atoms with Crippen molar-refractivity contribution < 1.29 is 12.8 Å². The zero-order valence-electron chi connectivity index (χ0n) is 10.7. The van der Waals surface area contributed by atoms with Gasteiger partial charge in [0.1, 0.15) is 15.7 Å². The van der Waals surface area contributed by atoms with Crippen LogP contribution in [0.2, 0.25) is 0 Å². The number of nitrogens with zero attached hydrogens (tertiary/aromatic N) is 1. The number of sulfone groups is 1. The molecule has 4 nitrogen and oxygen atoms in total. The summed E-state index contributed by atoms with van der Waals surface area (Å²) >= 11 is 0. The molecule has 0 fully saturated rings. The summed E-state index contributed by atoms with van der Waals surface area (Å²) in [5.74, 6) is -0.186. The number of rotatable bonds is 6. The van der Waals surface area contributed by atoms with Crippen LogP contribution < -0.4 is 5.73 Å². The Morgan fingerprint density at radius 3 is 2.61 bits per heavy atom. The van der Waals surface area contributed by atoms with E-state index in [2.05, 4.69) is 0 Å². The Hall–Kier alpha value is -0.980. The van der Waals surface area contributed by atoms with Crippen molar-refractivity contribution >= 4 is 9.84 Å². The number of hydrogen-bond acceptors (Lipinski definition) is 4. The molecule has 2 N–H and O–H groups in total. The maximum atomic E-state index is 13.2. The van der Waals surface area contributed by atoms with Crippen molar-refractivity contribution in [2.24, 2.45) is 5.73 Å². The van der Waals surface area contributed by atoms with Crippen LogP contribution in [0.4, 0.5) is 4.39 Å². The molecule has 1 aromatic rings. The van der Waals surface area contributed by atoms with Crippen molar-refractivity contribution in [2.75, 3.05) is 25.6 Å². The fraction of sp³-hybridized carbons (Fsp3) is 0.500. The summed E-state index contributed by atoms with van der Waals surface area (Å²) in [6, 6.07) is 4.79. The molecular formula is C12H19FN2O2S. The van der Waals surface area contributed by atoms with Crippen molar-refractivity contribution in [3.05, 3.63) is 35.1 Å². The first-order chi connectivity index (χ1) is 8.31. The molecule has 0 saturated carbocycles. The van der Waals surface area contributed by atoms with Crippen LogP contribution >= 0.6 is 0 Å². The Morgan fingerprint density at radius 2 is 2.06 bits per heavy atom. The highest BCUT2D eigenvalue weighted by molar-refractivity contribution is 7.90. The lowest BCUT2D eigenvalue weighted by Gasteiger charge is -2.16. The summed E-state index contributed by atoms with van der Waals surface area (Å²) < 4.78 is 35.3. The number of nitrogens with two attached hydrogens (primary N) is 1. The first-order valence-electron chi connectivity index (χ1n) is 5.65. The van der Waals surface area contributed by atoms with Crippen LogP contribution in [0.15, 0.2) is 18.2 Å². The van der Waals surface area contributed by atoms with Gasteiger partial charge in [-0.15, -0.1) is 0 Å². The molecule has 102 valence electrons. The maximum Gasteiger partial charge on any atom is 0.148 e. The highest BCUT2D eigenvalue weighted by atomic mass is 32.2. The summed E-state index contributed by atoms with van der Waals surface area (Å²) in [5.41, 5.74) is 6.83. The van der Waals surface area contributed by atoms with Crippen molar-refractivity contribution in [3.8, 4) is 0 Å². The maximum absolute atomic E-state index is 13.2. The van der Waals surface area contributed by atoms with E-state index in [4.69, 9.17) is 5.73 Å². The van der Waals surface area contributed by atoms with Crippen molar-refractivity contribution in [1.29, 1.82) is 0 Å². The van der Waals surface area contributed by atoms with E-state index >= 15 is 0 Å². The Kier molecular flexibility index (Phi) is 5.25. The van der Waals surface area contributed by atoms with Crippen LogP contribution in [-0.4, -0.2) is 38.9 Å². The Morgan fingerprint density at radius 1 is 1.39 bits per heavy atom. The van der Waals surface area contributed by atoms with Gasteiger partial charge in [-0.3, -0.25) is 0 Å². The lowest BCUT2D eigenvalue weighted by Crippen LogP contribution is -2.25. The third kappa shape index (κ3) is 5.12. The average Bonchev–Trinajstić information content (AvgIpc) is 2.28. The normalized spacial score (nSPS) is 12.1. The van der Waals surface area contributed by atoms with E-state index in [-0.39, 0.29) is 18.1 Å². The molecule has 6 heteroatoms. The Bertz CT molecular complexity index is 503. The fourth-order valence-corrected chi connectivity index (χ4v) is 2.24. The molecule has 0 heterocycles. The second-order valence-corrected chi connectivity index (χ2v) is 6.76. The predicted molar refractivity (Wildman–Crippen MR) is 70.3 cm³/mol. The molecule has 0 bridgehead atoms. The van der Waals surface area contributed by atoms with Crippen LogP contribution in [0.1, 0.15) is 11.1 Å². The number of halogens is 1. The highest BCUT2D eigenvalue weighted by Gasteiger charge is 2.07. The average molecular weight is 274 g/mol. The van der Waals surface area contributed by atoms with E-state index in [1.165, 1.54) is 12.3 Å². The van der Waals surface area contributed by atoms with Crippen LogP contribution in [0.5, 0.6) is 0 Å². The van der Waals surface area contributed by atoms with E-state index in [0.717, 1.165) is 5.56 Å². The van der Waals surface area contributed by atoms with Gasteiger partial charge in [0.2, 0.25) is 0 Å². The van der Waals surface area contributed by atoms with Crippen molar-refractivity contribution in [2.45, 2.75) is 13.1 Å². The van der Waals surface area contributed by atoms with Gasteiger partial charge in [-0.05, 0) is 18.7 Å². The van der Waals surface area contributed by atoms with E-state index in [0.29, 0.717) is 18.7 Å². The number of hydrogen-bond donors (Lipinski definition) is 1. The van der Waals surface area contributed by atoms with Crippen LogP contribution in [0, 0.1) is 5.82 Å². The Labute approximate surface area is 108 Å². The minimum Gasteiger partial charge on any atom is -0.326 e. The molecule has 0 saturated heterocycles. The molecule has 0 unspecified atom stereocenters. The monoisotopic (exact) mass is 274 g/mol. The highest BCUT2D eigenvalue weighted by Crippen LogP contribution is 2.11. The molecule has 0 amide bonds. The van der Waals surface area contributed by atoms with Gasteiger partial charge < -0.3 is 10.6 Å². The van der Waals surface area contributed by atoms with Gasteiger partial charge in [0.25, 0.3) is 0 Å². The minimum atomic E-state index is -2.95. The fourth-order valence-electron chi connectivity index (χ4n) is 1.60. The molecule has 0 aliphatic carbocycles. The smallest absolute Gasteiger partial charge is 0.148 e. The molecule has 1 rings (SSSR count). The predicted octanol–water partition coefficient (Wildman–Crippen LogP) is 0.761. The molecule has 0 aliphatic rings. The second-order valence-electron chi connectivity index (χ2n) is 4.50. The first kappa shape index (κ1) is 15.1. The van der Waals surface area contributed by atoms with E-state index in [1.807, 2.05) is 11.9 Å². The zero-order chi connectivity index (χ0) is 13.8. The van der Waals surface area contributed by atoms with Crippen molar-refractivity contribution in [3.63, 3.8) is 0 Å². The molecular weight excluding hydrogens is 255 g/mol. The van der Waals surface area contributed by atoms with Gasteiger partial charge in [-0.1, -0.05) is 12.1 Å². The van der Waals surface area contributed by atoms with Gasteiger partial charge in [-0.25, -0.2) is 12.8 Å². The lowest BCUT2D eigenvalue weighted by atomic mass is 10.1. The Balaban J connectivity index is 2.62. The number of benzene rings is 1. The van der Waals surface area contributed by atoms with Gasteiger partial charge in [0.15, 0.2) is 0 Å². The van der Waals surface area contributed by atoms with Crippen LogP contribution in [0.3, 0.4) is 0 Å². The molecule has 18 heavy (non-hydrogen) atoms. The van der Waals surface area contributed by atoms with Gasteiger partial charge in [-0.2, -0.15) is 0 Å². The van der Waals surface area contributed by atoms with Gasteiger partial charge >= 0.3 is 0 Å². The van der Waals surface area contributed by atoms with E-state index in [9.17, 15) is 12.8 Å². The summed E-state index contributed by atoms with van der Waals surface area (Å²) in [7, 11) is -1.12. The largest absolute Gasteiger partial charge is 0.326 e. The van der Waals surface area contributed by atoms with Gasteiger partial charge in [0.05, 0.1) is 5.75 Å². The van der Waals surface area contributed by atoms with E-state index < -0.39 is 9.84 Å². The standard InChI is InChI=1S/C12H19FN2O2S/c1-15(5-6-18(2,16)17)9-10-3-4-12(13)11(7-10)8-14/h3-4,7H,5-6,8-9,14H2,1-2H3. The molecule has 0 spiro atoms. The van der Waals surface area contributed by atoms with Gasteiger partial charge in [0, 0.05) is 31.5 Å². The van der Waals surface area contributed by atoms with Crippen molar-refractivity contribution in [1.82, 2.24) is 4.90 Å². The molecule has 0 aliphatic heterocycles. The topological polar surface area (TPSA) is 63.4 Å². The van der Waals surface area contributed by atoms with Crippen LogP contribution in [-0.2, 0) is 22.9 Å². The summed E-state index contributed by atoms with van der Waals surface area (Å²) in [6.07, 6.45) is 1.21. The minimum absolute atomic E-state index is 0.119. The summed E-state index contributed by atoms with van der Waals surface area (Å²) in [5, 5.41) is 0. The molecule has 0 radical (unpaired) electrons. The molecule has 0 atom stereocenters. The SMILES string of the molecule is CN(CCS(C)(=O)=O)Cc1ccc(F)c(CN)c1. The first-order valence-corrected chi connectivity index (χ1v) is 7.71.